The van der Waals surface area contributed by atoms with E-state index in [0.29, 0.717) is 5.88 Å². The number of halogens is 1. The summed E-state index contributed by atoms with van der Waals surface area (Å²) in [6.45, 7) is 2.28. The van der Waals surface area contributed by atoms with Gasteiger partial charge in [-0.1, -0.05) is 89.0 Å². The molecule has 0 fully saturated rings. The molecule has 0 heterocycles. The van der Waals surface area contributed by atoms with Gasteiger partial charge in [0.05, 0.1) is 0 Å². The molecule has 0 aromatic heterocycles. The molecule has 0 saturated carbocycles. The molecule has 0 amide bonds. The number of hydrogen-bond acceptors (Lipinski definition) is 0. The number of aryl methyl sites for hydroxylation is 1. The summed E-state index contributed by atoms with van der Waals surface area (Å²) in [5, 5.41) is 0. The van der Waals surface area contributed by atoms with Crippen LogP contribution in [0.4, 0.5) is 0 Å². The van der Waals surface area contributed by atoms with Crippen LogP contribution in [0.25, 0.3) is 0 Å². The van der Waals surface area contributed by atoms with Gasteiger partial charge in [-0.25, -0.2) is 0 Å². The van der Waals surface area contributed by atoms with E-state index in [2.05, 4.69) is 31.2 Å². The van der Waals surface area contributed by atoms with Crippen molar-refractivity contribution in [1.29, 1.82) is 0 Å². The maximum Gasteiger partial charge on any atom is 0.0474 e. The Hall–Kier alpha value is -0.490. The van der Waals surface area contributed by atoms with E-state index in [-0.39, 0.29) is 0 Å². The zero-order valence-electron chi connectivity index (χ0n) is 13.2. The van der Waals surface area contributed by atoms with Gasteiger partial charge >= 0.3 is 0 Å². The van der Waals surface area contributed by atoms with Gasteiger partial charge in [-0.3, -0.25) is 0 Å². The van der Waals surface area contributed by atoms with Crippen molar-refractivity contribution in [3.63, 3.8) is 0 Å². The summed E-state index contributed by atoms with van der Waals surface area (Å²) in [4.78, 5) is 0. The topological polar surface area (TPSA) is 0 Å². The third kappa shape index (κ3) is 8.64. The zero-order chi connectivity index (χ0) is 14.5. The summed E-state index contributed by atoms with van der Waals surface area (Å²) in [5.41, 5.74) is 2.69. The quantitative estimate of drug-likeness (QED) is 0.291. The molecule has 0 spiro atoms. The lowest BCUT2D eigenvalue weighted by atomic mass is 10.0. The number of unbranched alkanes of at least 4 members (excludes halogenated alkanes) is 9. The zero-order valence-corrected chi connectivity index (χ0v) is 13.9. The molecule has 1 aromatic carbocycles. The summed E-state index contributed by atoms with van der Waals surface area (Å²) < 4.78 is 0. The number of rotatable bonds is 12. The minimum atomic E-state index is 0.631. The van der Waals surface area contributed by atoms with Crippen LogP contribution >= 0.6 is 11.6 Å². The Bertz CT molecular complexity index is 332. The Morgan fingerprint density at radius 1 is 0.750 bits per heavy atom. The lowest BCUT2D eigenvalue weighted by Gasteiger charge is -2.04. The fraction of sp³-hybridized carbons (Fsp3) is 0.684. The van der Waals surface area contributed by atoms with Crippen molar-refractivity contribution < 1.29 is 0 Å². The monoisotopic (exact) mass is 294 g/mol. The van der Waals surface area contributed by atoms with Crippen LogP contribution in [0.2, 0.25) is 0 Å². The van der Waals surface area contributed by atoms with E-state index in [1.807, 2.05) is 0 Å². The van der Waals surface area contributed by atoms with Crippen molar-refractivity contribution in [2.24, 2.45) is 0 Å². The summed E-state index contributed by atoms with van der Waals surface area (Å²) in [7, 11) is 0. The Kier molecular flexibility index (Phi) is 10.8. The Morgan fingerprint density at radius 2 is 1.30 bits per heavy atom. The van der Waals surface area contributed by atoms with E-state index >= 15 is 0 Å². The minimum Gasteiger partial charge on any atom is -0.122 e. The molecule has 1 heteroatoms. The fourth-order valence-corrected chi connectivity index (χ4v) is 2.85. The van der Waals surface area contributed by atoms with Crippen LogP contribution in [0.15, 0.2) is 24.3 Å². The van der Waals surface area contributed by atoms with Crippen molar-refractivity contribution >= 4 is 11.6 Å². The molecule has 0 aliphatic heterocycles. The molecule has 20 heavy (non-hydrogen) atoms. The van der Waals surface area contributed by atoms with Gasteiger partial charge < -0.3 is 0 Å². The fourth-order valence-electron chi connectivity index (χ4n) is 2.68. The van der Waals surface area contributed by atoms with Crippen molar-refractivity contribution in [2.75, 3.05) is 0 Å². The SMILES string of the molecule is CCCCCCCCCCCCc1cccc(CCl)c1. The second kappa shape index (κ2) is 12.3. The summed E-state index contributed by atoms with van der Waals surface area (Å²) in [5.74, 6) is 0.631. The van der Waals surface area contributed by atoms with Crippen LogP contribution < -0.4 is 0 Å². The summed E-state index contributed by atoms with van der Waals surface area (Å²) in [6, 6.07) is 8.71. The van der Waals surface area contributed by atoms with Gasteiger partial charge in [-0.2, -0.15) is 0 Å². The highest BCUT2D eigenvalue weighted by Crippen LogP contribution is 2.14. The van der Waals surface area contributed by atoms with Crippen molar-refractivity contribution in [3.8, 4) is 0 Å². The van der Waals surface area contributed by atoms with Crippen molar-refractivity contribution in [3.05, 3.63) is 35.4 Å². The molecular formula is C19H31Cl. The minimum absolute atomic E-state index is 0.631. The Morgan fingerprint density at radius 3 is 1.90 bits per heavy atom. The molecule has 1 aromatic rings. The summed E-state index contributed by atoms with van der Waals surface area (Å²) in [6.07, 6.45) is 15.3. The first-order valence-electron chi connectivity index (χ1n) is 8.50. The first-order valence-corrected chi connectivity index (χ1v) is 9.04. The molecule has 0 atom stereocenters. The van der Waals surface area contributed by atoms with Crippen molar-refractivity contribution in [1.82, 2.24) is 0 Å². The number of benzene rings is 1. The van der Waals surface area contributed by atoms with Gasteiger partial charge in [0, 0.05) is 5.88 Å². The van der Waals surface area contributed by atoms with E-state index in [4.69, 9.17) is 11.6 Å². The van der Waals surface area contributed by atoms with Crippen LogP contribution in [0, 0.1) is 0 Å². The van der Waals surface area contributed by atoms with Gasteiger partial charge in [0.15, 0.2) is 0 Å². The van der Waals surface area contributed by atoms with E-state index in [0.717, 1.165) is 0 Å². The molecule has 0 bridgehead atoms. The maximum absolute atomic E-state index is 5.86. The average molecular weight is 295 g/mol. The van der Waals surface area contributed by atoms with Gasteiger partial charge in [-0.15, -0.1) is 11.6 Å². The molecule has 0 unspecified atom stereocenters. The highest BCUT2D eigenvalue weighted by atomic mass is 35.5. The van der Waals surface area contributed by atoms with Crippen LogP contribution in [-0.4, -0.2) is 0 Å². The first-order chi connectivity index (χ1) is 9.86. The van der Waals surface area contributed by atoms with Crippen LogP contribution in [0.5, 0.6) is 0 Å². The highest BCUT2D eigenvalue weighted by molar-refractivity contribution is 6.17. The molecule has 0 radical (unpaired) electrons. The predicted molar refractivity (Wildman–Crippen MR) is 91.5 cm³/mol. The predicted octanol–water partition coefficient (Wildman–Crippen LogP) is 6.89. The van der Waals surface area contributed by atoms with Gasteiger partial charge in [0.25, 0.3) is 0 Å². The molecule has 0 saturated heterocycles. The standard InChI is InChI=1S/C19H31Cl/c1-2-3-4-5-6-7-8-9-10-11-13-18-14-12-15-19(16-18)17-20/h12,14-16H,2-11,13,17H2,1H3. The summed E-state index contributed by atoms with van der Waals surface area (Å²) >= 11 is 5.86. The lowest BCUT2D eigenvalue weighted by molar-refractivity contribution is 0.556. The van der Waals surface area contributed by atoms with E-state index in [1.165, 1.54) is 81.8 Å². The first kappa shape index (κ1) is 17.6. The van der Waals surface area contributed by atoms with E-state index < -0.39 is 0 Å². The average Bonchev–Trinajstić information content (AvgIpc) is 2.49. The molecule has 0 aliphatic rings. The van der Waals surface area contributed by atoms with Gasteiger partial charge in [0.1, 0.15) is 0 Å². The molecule has 0 aliphatic carbocycles. The maximum atomic E-state index is 5.86. The van der Waals surface area contributed by atoms with Crippen LogP contribution in [0.1, 0.15) is 82.3 Å². The normalized spacial score (nSPS) is 10.9. The smallest absolute Gasteiger partial charge is 0.0474 e. The Balaban J connectivity index is 1.94. The molecular weight excluding hydrogens is 264 g/mol. The Labute approximate surface area is 130 Å². The third-order valence-electron chi connectivity index (χ3n) is 3.96. The number of hydrogen-bond donors (Lipinski definition) is 0. The molecule has 114 valence electrons. The van der Waals surface area contributed by atoms with Crippen molar-refractivity contribution in [2.45, 2.75) is 83.4 Å². The van der Waals surface area contributed by atoms with E-state index in [1.54, 1.807) is 0 Å². The molecule has 1 rings (SSSR count). The number of alkyl halides is 1. The van der Waals surface area contributed by atoms with Crippen LogP contribution in [0.3, 0.4) is 0 Å². The van der Waals surface area contributed by atoms with Gasteiger partial charge in [0.2, 0.25) is 0 Å². The lowest BCUT2D eigenvalue weighted by Crippen LogP contribution is -1.88. The largest absolute Gasteiger partial charge is 0.122 e. The van der Waals surface area contributed by atoms with Crippen LogP contribution in [-0.2, 0) is 12.3 Å². The third-order valence-corrected chi connectivity index (χ3v) is 4.27. The van der Waals surface area contributed by atoms with E-state index in [9.17, 15) is 0 Å². The highest BCUT2D eigenvalue weighted by Gasteiger charge is 1.96. The second-order valence-corrected chi connectivity index (χ2v) is 6.15. The van der Waals surface area contributed by atoms with Gasteiger partial charge in [-0.05, 0) is 24.0 Å². The molecule has 0 N–H and O–H groups in total. The second-order valence-electron chi connectivity index (χ2n) is 5.89. The molecule has 0 nitrogen and oxygen atoms in total.